The van der Waals surface area contributed by atoms with E-state index in [1.807, 2.05) is 0 Å². The molecular weight excluding hydrogens is 186 g/mol. The van der Waals surface area contributed by atoms with E-state index >= 15 is 0 Å². The molecule has 15 heavy (non-hydrogen) atoms. The summed E-state index contributed by atoms with van der Waals surface area (Å²) in [5, 5.41) is 0. The highest BCUT2D eigenvalue weighted by atomic mass is 16.5. The average molecular weight is 213 g/mol. The van der Waals surface area contributed by atoms with Gasteiger partial charge in [-0.3, -0.25) is 0 Å². The molecule has 0 bridgehead atoms. The second-order valence-electron chi connectivity index (χ2n) is 5.69. The molecular formula is C13H27NO. The lowest BCUT2D eigenvalue weighted by Crippen LogP contribution is -2.51. The first-order valence-electron chi connectivity index (χ1n) is 6.27. The van der Waals surface area contributed by atoms with Crippen molar-refractivity contribution in [2.24, 2.45) is 23.5 Å². The van der Waals surface area contributed by atoms with Gasteiger partial charge in [0, 0.05) is 12.6 Å². The maximum absolute atomic E-state index is 6.54. The largest absolute Gasteiger partial charge is 0.384 e. The van der Waals surface area contributed by atoms with Crippen molar-refractivity contribution in [3.63, 3.8) is 0 Å². The van der Waals surface area contributed by atoms with Gasteiger partial charge in [0.05, 0.1) is 6.61 Å². The fraction of sp³-hybridized carbons (Fsp3) is 1.00. The van der Waals surface area contributed by atoms with Crippen LogP contribution >= 0.6 is 0 Å². The Morgan fingerprint density at radius 2 is 2.07 bits per heavy atom. The SMILES string of the molecule is COCC(C)C1(N)CCCC(C(C)C)C1. The second-order valence-corrected chi connectivity index (χ2v) is 5.69. The smallest absolute Gasteiger partial charge is 0.0505 e. The number of rotatable bonds is 4. The summed E-state index contributed by atoms with van der Waals surface area (Å²) in [6.07, 6.45) is 4.99. The van der Waals surface area contributed by atoms with E-state index in [4.69, 9.17) is 10.5 Å². The first-order valence-corrected chi connectivity index (χ1v) is 6.27. The van der Waals surface area contributed by atoms with Gasteiger partial charge >= 0.3 is 0 Å². The molecule has 1 aliphatic rings. The van der Waals surface area contributed by atoms with E-state index in [0.717, 1.165) is 18.4 Å². The monoisotopic (exact) mass is 213 g/mol. The van der Waals surface area contributed by atoms with Crippen molar-refractivity contribution in [2.45, 2.75) is 52.0 Å². The van der Waals surface area contributed by atoms with Gasteiger partial charge in [-0.25, -0.2) is 0 Å². The molecule has 0 heterocycles. The topological polar surface area (TPSA) is 35.2 Å². The number of ether oxygens (including phenoxy) is 1. The first-order chi connectivity index (χ1) is 6.99. The van der Waals surface area contributed by atoms with Gasteiger partial charge in [-0.05, 0) is 30.6 Å². The van der Waals surface area contributed by atoms with Crippen molar-refractivity contribution in [2.75, 3.05) is 13.7 Å². The lowest BCUT2D eigenvalue weighted by molar-refractivity contribution is 0.0712. The highest BCUT2D eigenvalue weighted by Gasteiger charge is 2.37. The molecule has 3 atom stereocenters. The van der Waals surface area contributed by atoms with Gasteiger partial charge in [0.15, 0.2) is 0 Å². The average Bonchev–Trinajstić information content (AvgIpc) is 2.18. The van der Waals surface area contributed by atoms with Gasteiger partial charge in [-0.2, -0.15) is 0 Å². The minimum atomic E-state index is 0.0171. The number of hydrogen-bond acceptors (Lipinski definition) is 2. The molecule has 2 nitrogen and oxygen atoms in total. The predicted molar refractivity (Wildman–Crippen MR) is 64.8 cm³/mol. The van der Waals surface area contributed by atoms with Crippen molar-refractivity contribution < 1.29 is 4.74 Å². The van der Waals surface area contributed by atoms with E-state index in [-0.39, 0.29) is 5.54 Å². The van der Waals surface area contributed by atoms with Crippen LogP contribution in [0.4, 0.5) is 0 Å². The number of hydrogen-bond donors (Lipinski definition) is 1. The molecule has 0 amide bonds. The van der Waals surface area contributed by atoms with E-state index in [1.165, 1.54) is 25.7 Å². The van der Waals surface area contributed by atoms with E-state index < -0.39 is 0 Å². The molecule has 1 fully saturated rings. The van der Waals surface area contributed by atoms with Crippen LogP contribution in [0, 0.1) is 17.8 Å². The lowest BCUT2D eigenvalue weighted by Gasteiger charge is -2.43. The van der Waals surface area contributed by atoms with E-state index in [9.17, 15) is 0 Å². The summed E-state index contributed by atoms with van der Waals surface area (Å²) < 4.78 is 5.24. The molecule has 1 aliphatic carbocycles. The van der Waals surface area contributed by atoms with Crippen molar-refractivity contribution in [3.8, 4) is 0 Å². The summed E-state index contributed by atoms with van der Waals surface area (Å²) in [5.74, 6) is 2.05. The van der Waals surface area contributed by atoms with E-state index in [2.05, 4.69) is 20.8 Å². The minimum Gasteiger partial charge on any atom is -0.384 e. The Balaban J connectivity index is 2.59. The zero-order valence-corrected chi connectivity index (χ0v) is 10.8. The Hall–Kier alpha value is -0.0800. The molecule has 0 spiro atoms. The van der Waals surface area contributed by atoms with Gasteiger partial charge in [0.1, 0.15) is 0 Å². The summed E-state index contributed by atoms with van der Waals surface area (Å²) >= 11 is 0. The molecule has 0 aromatic rings. The van der Waals surface area contributed by atoms with Crippen LogP contribution < -0.4 is 5.73 Å². The molecule has 0 aromatic carbocycles. The minimum absolute atomic E-state index is 0.0171. The zero-order valence-electron chi connectivity index (χ0n) is 10.8. The standard InChI is InChI=1S/C13H27NO/c1-10(2)12-6-5-7-13(14,8-12)11(3)9-15-4/h10-12H,5-9,14H2,1-4H3. The molecule has 0 radical (unpaired) electrons. The van der Waals surface area contributed by atoms with Crippen molar-refractivity contribution >= 4 is 0 Å². The Morgan fingerprint density at radius 1 is 1.40 bits per heavy atom. The Labute approximate surface area is 94.6 Å². The first kappa shape index (κ1) is 13.0. The molecule has 90 valence electrons. The third kappa shape index (κ3) is 3.18. The van der Waals surface area contributed by atoms with E-state index in [0.29, 0.717) is 5.92 Å². The van der Waals surface area contributed by atoms with Gasteiger partial charge in [0.25, 0.3) is 0 Å². The summed E-state index contributed by atoms with van der Waals surface area (Å²) in [4.78, 5) is 0. The quantitative estimate of drug-likeness (QED) is 0.779. The second kappa shape index (κ2) is 5.31. The third-order valence-corrected chi connectivity index (χ3v) is 4.20. The van der Waals surface area contributed by atoms with Crippen molar-refractivity contribution in [1.82, 2.24) is 0 Å². The molecule has 1 rings (SSSR count). The van der Waals surface area contributed by atoms with Crippen LogP contribution in [0.25, 0.3) is 0 Å². The molecule has 0 aromatic heterocycles. The lowest BCUT2D eigenvalue weighted by atomic mass is 9.67. The fourth-order valence-corrected chi connectivity index (χ4v) is 2.82. The maximum atomic E-state index is 6.54. The Bertz CT molecular complexity index is 193. The molecule has 3 unspecified atom stereocenters. The summed E-state index contributed by atoms with van der Waals surface area (Å²) in [6, 6.07) is 0. The fourth-order valence-electron chi connectivity index (χ4n) is 2.82. The van der Waals surface area contributed by atoms with Crippen LogP contribution in [0.5, 0.6) is 0 Å². The van der Waals surface area contributed by atoms with Crippen LogP contribution in [-0.2, 0) is 4.74 Å². The van der Waals surface area contributed by atoms with Crippen LogP contribution in [0.15, 0.2) is 0 Å². The van der Waals surface area contributed by atoms with Gasteiger partial charge < -0.3 is 10.5 Å². The van der Waals surface area contributed by atoms with Crippen molar-refractivity contribution in [3.05, 3.63) is 0 Å². The van der Waals surface area contributed by atoms with E-state index in [1.54, 1.807) is 7.11 Å². The van der Waals surface area contributed by atoms with Crippen molar-refractivity contribution in [1.29, 1.82) is 0 Å². The molecule has 2 N–H and O–H groups in total. The molecule has 0 aliphatic heterocycles. The van der Waals surface area contributed by atoms with Gasteiger partial charge in [-0.15, -0.1) is 0 Å². The molecule has 2 heteroatoms. The number of nitrogens with two attached hydrogens (primary N) is 1. The molecule has 0 saturated heterocycles. The predicted octanol–water partition coefficient (Wildman–Crippen LogP) is 2.81. The third-order valence-electron chi connectivity index (χ3n) is 4.20. The zero-order chi connectivity index (χ0) is 11.5. The van der Waals surface area contributed by atoms with Gasteiger partial charge in [-0.1, -0.05) is 33.6 Å². The summed E-state index contributed by atoms with van der Waals surface area (Å²) in [6.45, 7) is 7.66. The van der Waals surface area contributed by atoms with Crippen LogP contribution in [0.2, 0.25) is 0 Å². The Morgan fingerprint density at radius 3 is 2.60 bits per heavy atom. The highest BCUT2D eigenvalue weighted by Crippen LogP contribution is 2.38. The molecule has 1 saturated carbocycles. The van der Waals surface area contributed by atoms with Crippen LogP contribution in [-0.4, -0.2) is 19.3 Å². The van der Waals surface area contributed by atoms with Crippen LogP contribution in [0.3, 0.4) is 0 Å². The summed E-state index contributed by atoms with van der Waals surface area (Å²) in [7, 11) is 1.77. The highest BCUT2D eigenvalue weighted by molar-refractivity contribution is 4.95. The number of methoxy groups -OCH3 is 1. The summed E-state index contributed by atoms with van der Waals surface area (Å²) in [5.41, 5.74) is 6.55. The normalized spacial score (nSPS) is 34.4. The maximum Gasteiger partial charge on any atom is 0.0505 e. The van der Waals surface area contributed by atoms with Gasteiger partial charge in [0.2, 0.25) is 0 Å². The van der Waals surface area contributed by atoms with Crippen LogP contribution in [0.1, 0.15) is 46.5 Å². The Kier molecular flexibility index (Phi) is 4.60.